The molecule has 0 saturated carbocycles. The van der Waals surface area contributed by atoms with Gasteiger partial charge in [0.2, 0.25) is 0 Å². The van der Waals surface area contributed by atoms with Crippen LogP contribution in [0.25, 0.3) is 0 Å². The van der Waals surface area contributed by atoms with E-state index in [0.717, 1.165) is 67.8 Å². The average Bonchev–Trinajstić information content (AvgIpc) is 3.38. The normalized spacial score (nSPS) is 11.2. The van der Waals surface area contributed by atoms with E-state index in [9.17, 15) is 0 Å². The fourth-order valence-electron chi connectivity index (χ4n) is 8.13. The lowest BCUT2D eigenvalue weighted by molar-refractivity contribution is 0.839. The molecule has 0 radical (unpaired) electrons. The summed E-state index contributed by atoms with van der Waals surface area (Å²) in [6, 6.07) is 81.4. The van der Waals surface area contributed by atoms with Crippen molar-refractivity contribution in [1.82, 2.24) is 0 Å². The Labute approximate surface area is 402 Å². The predicted molar refractivity (Wildman–Crippen MR) is 288 cm³/mol. The third kappa shape index (κ3) is 11.3. The Bertz CT molecular complexity index is 2760. The topological polar surface area (TPSA) is 37.7 Å². The summed E-state index contributed by atoms with van der Waals surface area (Å²) < 4.78 is 0. The van der Waals surface area contributed by atoms with Gasteiger partial charge in [-0.2, -0.15) is 10.2 Å². The van der Waals surface area contributed by atoms with Crippen molar-refractivity contribution in [2.24, 2.45) is 10.2 Å². The van der Waals surface area contributed by atoms with Gasteiger partial charge >= 0.3 is 0 Å². The molecule has 0 unspecified atom stereocenters. The van der Waals surface area contributed by atoms with Crippen molar-refractivity contribution in [3.05, 3.63) is 275 Å². The van der Waals surface area contributed by atoms with E-state index in [4.69, 9.17) is 10.2 Å². The Morgan fingerprint density at radius 1 is 0.294 bits per heavy atom. The van der Waals surface area contributed by atoms with Crippen LogP contribution in [0.4, 0.5) is 45.5 Å². The van der Waals surface area contributed by atoms with Crippen molar-refractivity contribution in [3.63, 3.8) is 0 Å². The van der Waals surface area contributed by atoms with Crippen LogP contribution in [-0.4, -0.2) is 12.4 Å². The van der Waals surface area contributed by atoms with E-state index < -0.39 is 0 Å². The lowest BCUT2D eigenvalue weighted by Gasteiger charge is -2.26. The van der Waals surface area contributed by atoms with Crippen molar-refractivity contribution in [3.8, 4) is 0 Å². The van der Waals surface area contributed by atoms with Gasteiger partial charge in [-0.05, 0) is 147 Å². The van der Waals surface area contributed by atoms with Gasteiger partial charge in [-0.1, -0.05) is 156 Å². The number of rotatable bonds is 16. The predicted octanol–water partition coefficient (Wildman–Crippen LogP) is 15.9. The van der Waals surface area contributed by atoms with Crippen LogP contribution in [0.15, 0.2) is 241 Å². The molecule has 0 bridgehead atoms. The Balaban J connectivity index is 0.933. The fourth-order valence-corrected chi connectivity index (χ4v) is 8.13. The first-order valence-electron chi connectivity index (χ1n) is 23.2. The molecule has 6 heteroatoms. The monoisotopic (exact) mass is 884 g/mol. The van der Waals surface area contributed by atoms with Crippen molar-refractivity contribution < 1.29 is 0 Å². The molecule has 0 aliphatic heterocycles. The van der Waals surface area contributed by atoms with E-state index in [0.29, 0.717) is 13.1 Å². The molecule has 9 aromatic carbocycles. The number of hydrazone groups is 2. The smallest absolute Gasteiger partial charge is 0.0666 e. The maximum atomic E-state index is 5.09. The second-order valence-electron chi connectivity index (χ2n) is 17.3. The molecule has 0 N–H and O–H groups in total. The molecule has 0 aliphatic rings. The van der Waals surface area contributed by atoms with Gasteiger partial charge in [0.1, 0.15) is 0 Å². The van der Waals surface area contributed by atoms with Crippen LogP contribution in [0, 0.1) is 27.7 Å². The Kier molecular flexibility index (Phi) is 14.0. The minimum Gasteiger partial charge on any atom is -0.311 e. The van der Waals surface area contributed by atoms with Crippen LogP contribution in [0.5, 0.6) is 0 Å². The first-order chi connectivity index (χ1) is 33.3. The van der Waals surface area contributed by atoms with Gasteiger partial charge in [0.25, 0.3) is 0 Å². The number of anilines is 8. The van der Waals surface area contributed by atoms with Gasteiger partial charge in [0, 0.05) is 34.1 Å². The van der Waals surface area contributed by atoms with Gasteiger partial charge in [0.15, 0.2) is 0 Å². The van der Waals surface area contributed by atoms with Crippen molar-refractivity contribution >= 4 is 57.9 Å². The molecule has 0 fully saturated rings. The number of hydrogen-bond donors (Lipinski definition) is 0. The highest BCUT2D eigenvalue weighted by Gasteiger charge is 2.15. The zero-order valence-corrected chi connectivity index (χ0v) is 39.2. The summed E-state index contributed by atoms with van der Waals surface area (Å²) >= 11 is 0. The molecule has 0 amide bonds. The quantitative estimate of drug-likeness (QED) is 0.0716. The average molecular weight is 885 g/mol. The first-order valence-corrected chi connectivity index (χ1v) is 23.2. The summed E-state index contributed by atoms with van der Waals surface area (Å²) in [7, 11) is 0. The second-order valence-corrected chi connectivity index (χ2v) is 17.3. The highest BCUT2D eigenvalue weighted by molar-refractivity contribution is 5.85. The summed E-state index contributed by atoms with van der Waals surface area (Å²) in [4.78, 5) is 4.58. The van der Waals surface area contributed by atoms with E-state index in [2.05, 4.69) is 266 Å². The summed E-state index contributed by atoms with van der Waals surface area (Å²) in [6.07, 6.45) is 3.90. The van der Waals surface area contributed by atoms with Crippen LogP contribution in [-0.2, 0) is 13.1 Å². The maximum absolute atomic E-state index is 5.09. The molecule has 0 spiro atoms. The Hall–Kier alpha value is -8.48. The van der Waals surface area contributed by atoms with E-state index in [-0.39, 0.29) is 0 Å². The fraction of sp³-hybridized carbons (Fsp3) is 0.0968. The van der Waals surface area contributed by atoms with Crippen LogP contribution in [0.3, 0.4) is 0 Å². The van der Waals surface area contributed by atoms with Crippen LogP contribution < -0.4 is 19.8 Å². The lowest BCUT2D eigenvalue weighted by Crippen LogP contribution is -2.18. The molecule has 0 heterocycles. The molecular formula is C62H56N6. The largest absolute Gasteiger partial charge is 0.311 e. The lowest BCUT2D eigenvalue weighted by atomic mass is 10.1. The van der Waals surface area contributed by atoms with Crippen molar-refractivity contribution in [2.45, 2.75) is 40.8 Å². The van der Waals surface area contributed by atoms with Gasteiger partial charge < -0.3 is 9.80 Å². The third-order valence-corrected chi connectivity index (χ3v) is 11.9. The number of aryl methyl sites for hydroxylation is 4. The van der Waals surface area contributed by atoms with E-state index >= 15 is 0 Å². The summed E-state index contributed by atoms with van der Waals surface area (Å²) in [5.41, 5.74) is 17.9. The van der Waals surface area contributed by atoms with Gasteiger partial charge in [-0.3, -0.25) is 10.0 Å². The highest BCUT2D eigenvalue weighted by Crippen LogP contribution is 2.36. The summed E-state index contributed by atoms with van der Waals surface area (Å²) in [5, 5.41) is 14.3. The first kappa shape index (κ1) is 44.7. The molecule has 0 aliphatic carbocycles. The number of para-hydroxylation sites is 2. The summed E-state index contributed by atoms with van der Waals surface area (Å²) in [5.74, 6) is 0. The molecule has 0 atom stereocenters. The minimum absolute atomic E-state index is 0.588. The number of benzene rings is 9. The number of nitrogens with zero attached hydrogens (tertiary/aromatic N) is 6. The van der Waals surface area contributed by atoms with Crippen molar-refractivity contribution in [2.75, 3.05) is 19.8 Å². The number of hydrogen-bond acceptors (Lipinski definition) is 6. The molecule has 6 nitrogen and oxygen atoms in total. The second kappa shape index (κ2) is 21.2. The molecular weight excluding hydrogens is 829 g/mol. The molecule has 9 aromatic rings. The Morgan fingerprint density at radius 3 is 0.868 bits per heavy atom. The van der Waals surface area contributed by atoms with E-state index in [1.165, 1.54) is 22.3 Å². The third-order valence-electron chi connectivity index (χ3n) is 11.9. The Morgan fingerprint density at radius 2 is 0.574 bits per heavy atom. The standard InChI is InChI=1S/C62H56N6/c1-47-18-30-57(31-19-47)67(58-32-20-48(2)21-33-58)61-38-26-51(27-39-61)43-63-65(55-14-7-5-8-15-55)45-53-12-11-13-54(42-53)46-66(56-16-9-6-10-17-56)64-44-52-28-40-62(41-29-52)68(59-34-22-49(3)23-35-59)60-36-24-50(4)25-37-60/h5-44H,45-46H2,1-4H3/b63-43+,64-44+. The molecule has 334 valence electrons. The molecule has 9 rings (SSSR count). The van der Waals surface area contributed by atoms with E-state index in [1.807, 2.05) is 24.6 Å². The zero-order chi connectivity index (χ0) is 46.7. The van der Waals surface area contributed by atoms with Gasteiger partial charge in [0.05, 0.1) is 36.9 Å². The maximum Gasteiger partial charge on any atom is 0.0666 e. The highest BCUT2D eigenvalue weighted by atomic mass is 15.5. The van der Waals surface area contributed by atoms with Crippen LogP contribution in [0.1, 0.15) is 44.5 Å². The SMILES string of the molecule is Cc1ccc(N(c2ccc(C)cc2)c2ccc(/C=N/N(Cc3cccc(CN(/N=C/c4ccc(N(c5ccc(C)cc5)c5ccc(C)cc5)cc4)c4ccccc4)c3)c3ccccc3)cc2)cc1. The van der Waals surface area contributed by atoms with Gasteiger partial charge in [-0.15, -0.1) is 0 Å². The van der Waals surface area contributed by atoms with Gasteiger partial charge in [-0.25, -0.2) is 0 Å². The van der Waals surface area contributed by atoms with Crippen LogP contribution >= 0.6 is 0 Å². The molecule has 0 saturated heterocycles. The minimum atomic E-state index is 0.588. The van der Waals surface area contributed by atoms with Crippen molar-refractivity contribution in [1.29, 1.82) is 0 Å². The van der Waals surface area contributed by atoms with Crippen LogP contribution in [0.2, 0.25) is 0 Å². The summed E-state index contributed by atoms with van der Waals surface area (Å²) in [6.45, 7) is 9.65. The molecule has 68 heavy (non-hydrogen) atoms. The zero-order valence-electron chi connectivity index (χ0n) is 39.2. The molecule has 0 aromatic heterocycles. The van der Waals surface area contributed by atoms with E-state index in [1.54, 1.807) is 0 Å².